The molecule has 0 unspecified atom stereocenters. The Morgan fingerprint density at radius 1 is 1.25 bits per heavy atom. The molecule has 0 saturated carbocycles. The summed E-state index contributed by atoms with van der Waals surface area (Å²) < 4.78 is 5.41. The molecule has 0 N–H and O–H groups in total. The van der Waals surface area contributed by atoms with E-state index < -0.39 is 0 Å². The fraction of sp³-hybridized carbons (Fsp3) is 0.429. The summed E-state index contributed by atoms with van der Waals surface area (Å²) in [5, 5.41) is 0.496. The van der Waals surface area contributed by atoms with Crippen LogP contribution in [0.15, 0.2) is 47.6 Å². The van der Waals surface area contributed by atoms with Gasteiger partial charge >= 0.3 is 0 Å². The first kappa shape index (κ1) is 21.1. The zero-order valence-corrected chi connectivity index (χ0v) is 17.7. The Bertz CT molecular complexity index is 770. The summed E-state index contributed by atoms with van der Waals surface area (Å²) in [5.74, 6) is -0.0281. The number of morpholine rings is 1. The largest absolute Gasteiger partial charge is 0.379 e. The molecule has 1 fully saturated rings. The molecular weight excluding hydrogens is 394 g/mol. The molecule has 2 aromatic rings. The van der Waals surface area contributed by atoms with Crippen LogP contribution < -0.4 is 0 Å². The zero-order chi connectivity index (χ0) is 19.8. The van der Waals surface area contributed by atoms with E-state index in [0.29, 0.717) is 23.7 Å². The standard InChI is InChI=1S/C21H26ClN3O2S/c1-28-18-3-4-20(22)19(15-18)21(26)25(16-17-5-7-23-8-6-17)10-2-9-24-11-13-27-14-12-24/h3-8,15H,2,9-14,16H2,1H3. The number of ether oxygens (including phenoxy) is 1. The summed E-state index contributed by atoms with van der Waals surface area (Å²) in [7, 11) is 0. The lowest BCUT2D eigenvalue weighted by Crippen LogP contribution is -2.39. The van der Waals surface area contributed by atoms with Crippen LogP contribution in [0, 0.1) is 0 Å². The molecule has 7 heteroatoms. The number of benzene rings is 1. The fourth-order valence-electron chi connectivity index (χ4n) is 3.24. The van der Waals surface area contributed by atoms with Gasteiger partial charge in [-0.2, -0.15) is 0 Å². The SMILES string of the molecule is CSc1ccc(Cl)c(C(=O)N(CCCN2CCOCC2)Cc2ccncc2)c1. The van der Waals surface area contributed by atoms with Crippen LogP contribution in [0.2, 0.25) is 5.02 Å². The Labute approximate surface area is 176 Å². The fourth-order valence-corrected chi connectivity index (χ4v) is 3.87. The van der Waals surface area contributed by atoms with E-state index in [4.69, 9.17) is 16.3 Å². The minimum atomic E-state index is -0.0281. The molecular formula is C21H26ClN3O2S. The number of aromatic nitrogens is 1. The number of halogens is 1. The lowest BCUT2D eigenvalue weighted by Gasteiger charge is -2.28. The molecule has 28 heavy (non-hydrogen) atoms. The van der Waals surface area contributed by atoms with Crippen LogP contribution in [-0.2, 0) is 11.3 Å². The third-order valence-electron chi connectivity index (χ3n) is 4.82. The topological polar surface area (TPSA) is 45.7 Å². The number of nitrogens with zero attached hydrogens (tertiary/aromatic N) is 3. The van der Waals surface area contributed by atoms with Crippen molar-refractivity contribution in [1.82, 2.24) is 14.8 Å². The van der Waals surface area contributed by atoms with Crippen LogP contribution in [0.1, 0.15) is 22.3 Å². The lowest BCUT2D eigenvalue weighted by atomic mass is 10.1. The molecule has 1 amide bonds. The van der Waals surface area contributed by atoms with Gasteiger partial charge < -0.3 is 9.64 Å². The van der Waals surface area contributed by atoms with Gasteiger partial charge in [0.15, 0.2) is 0 Å². The Kier molecular flexibility index (Phi) is 8.15. The van der Waals surface area contributed by atoms with Crippen molar-refractivity contribution in [3.63, 3.8) is 0 Å². The second-order valence-corrected chi connectivity index (χ2v) is 8.02. The number of hydrogen-bond acceptors (Lipinski definition) is 5. The normalized spacial score (nSPS) is 14.8. The molecule has 3 rings (SSSR count). The monoisotopic (exact) mass is 419 g/mol. The van der Waals surface area contributed by atoms with Gasteiger partial charge in [0.25, 0.3) is 5.91 Å². The van der Waals surface area contributed by atoms with Gasteiger partial charge in [-0.15, -0.1) is 11.8 Å². The zero-order valence-electron chi connectivity index (χ0n) is 16.1. The predicted octanol–water partition coefficient (Wildman–Crippen LogP) is 3.82. The highest BCUT2D eigenvalue weighted by molar-refractivity contribution is 7.98. The Hall–Kier alpha value is -1.60. The van der Waals surface area contributed by atoms with E-state index in [1.165, 1.54) is 0 Å². The number of rotatable bonds is 8. The minimum absolute atomic E-state index is 0.0281. The van der Waals surface area contributed by atoms with Gasteiger partial charge in [0.1, 0.15) is 0 Å². The average molecular weight is 420 g/mol. The number of thioether (sulfide) groups is 1. The van der Waals surface area contributed by atoms with E-state index >= 15 is 0 Å². The van der Waals surface area contributed by atoms with E-state index in [1.807, 2.05) is 35.4 Å². The van der Waals surface area contributed by atoms with Crippen molar-refractivity contribution in [2.45, 2.75) is 17.9 Å². The Balaban J connectivity index is 1.72. The number of pyridine rings is 1. The highest BCUT2D eigenvalue weighted by Gasteiger charge is 2.20. The lowest BCUT2D eigenvalue weighted by molar-refractivity contribution is 0.0355. The first-order valence-electron chi connectivity index (χ1n) is 9.49. The number of hydrogen-bond donors (Lipinski definition) is 0. The molecule has 1 aromatic heterocycles. The van der Waals surface area contributed by atoms with Crippen LogP contribution in [0.5, 0.6) is 0 Å². The van der Waals surface area contributed by atoms with Gasteiger partial charge in [-0.3, -0.25) is 14.7 Å². The Morgan fingerprint density at radius 2 is 2.00 bits per heavy atom. The quantitative estimate of drug-likeness (QED) is 0.608. The third kappa shape index (κ3) is 5.95. The predicted molar refractivity (Wildman–Crippen MR) is 114 cm³/mol. The van der Waals surface area contributed by atoms with E-state index in [-0.39, 0.29) is 5.91 Å². The van der Waals surface area contributed by atoms with Gasteiger partial charge in [0.2, 0.25) is 0 Å². The van der Waals surface area contributed by atoms with Crippen LogP contribution in [0.4, 0.5) is 0 Å². The summed E-state index contributed by atoms with van der Waals surface area (Å²) in [6.07, 6.45) is 6.42. The van der Waals surface area contributed by atoms with Gasteiger partial charge in [-0.05, 0) is 48.6 Å². The maximum absolute atomic E-state index is 13.3. The second-order valence-electron chi connectivity index (χ2n) is 6.74. The van der Waals surface area contributed by atoms with Gasteiger partial charge in [-0.1, -0.05) is 11.6 Å². The van der Waals surface area contributed by atoms with Crippen molar-refractivity contribution in [1.29, 1.82) is 0 Å². The Morgan fingerprint density at radius 3 is 2.71 bits per heavy atom. The summed E-state index contributed by atoms with van der Waals surface area (Å²) in [5.41, 5.74) is 1.63. The summed E-state index contributed by atoms with van der Waals surface area (Å²) in [6.45, 7) is 5.68. The van der Waals surface area contributed by atoms with Crippen molar-refractivity contribution in [3.05, 3.63) is 58.9 Å². The molecule has 5 nitrogen and oxygen atoms in total. The molecule has 0 radical (unpaired) electrons. The van der Waals surface area contributed by atoms with Crippen molar-refractivity contribution >= 4 is 29.3 Å². The summed E-state index contributed by atoms with van der Waals surface area (Å²) in [4.78, 5) is 22.7. The molecule has 1 aliphatic rings. The molecule has 0 aliphatic carbocycles. The number of carbonyl (C=O) groups is 1. The van der Waals surface area contributed by atoms with Crippen LogP contribution in [0.3, 0.4) is 0 Å². The van der Waals surface area contributed by atoms with Crippen molar-refractivity contribution in [2.75, 3.05) is 45.6 Å². The van der Waals surface area contributed by atoms with E-state index in [9.17, 15) is 4.79 Å². The highest BCUT2D eigenvalue weighted by atomic mass is 35.5. The van der Waals surface area contributed by atoms with E-state index in [1.54, 1.807) is 30.2 Å². The third-order valence-corrected chi connectivity index (χ3v) is 5.87. The molecule has 0 bridgehead atoms. The maximum atomic E-state index is 13.3. The molecule has 0 atom stereocenters. The molecule has 0 spiro atoms. The molecule has 1 saturated heterocycles. The molecule has 2 heterocycles. The molecule has 1 aromatic carbocycles. The van der Waals surface area contributed by atoms with Gasteiger partial charge in [0.05, 0.1) is 23.8 Å². The molecule has 1 aliphatic heterocycles. The van der Waals surface area contributed by atoms with Crippen molar-refractivity contribution in [3.8, 4) is 0 Å². The average Bonchev–Trinajstić information content (AvgIpc) is 2.74. The van der Waals surface area contributed by atoms with E-state index in [2.05, 4.69) is 9.88 Å². The maximum Gasteiger partial charge on any atom is 0.255 e. The van der Waals surface area contributed by atoms with Crippen molar-refractivity contribution < 1.29 is 9.53 Å². The second kappa shape index (κ2) is 10.8. The first-order valence-corrected chi connectivity index (χ1v) is 11.1. The number of carbonyl (C=O) groups excluding carboxylic acids is 1. The molecule has 150 valence electrons. The van der Waals surface area contributed by atoms with Crippen molar-refractivity contribution in [2.24, 2.45) is 0 Å². The highest BCUT2D eigenvalue weighted by Crippen LogP contribution is 2.25. The van der Waals surface area contributed by atoms with Crippen LogP contribution >= 0.6 is 23.4 Å². The van der Waals surface area contributed by atoms with E-state index in [0.717, 1.165) is 49.7 Å². The van der Waals surface area contributed by atoms with Crippen LogP contribution in [0.25, 0.3) is 0 Å². The van der Waals surface area contributed by atoms with Crippen LogP contribution in [-0.4, -0.2) is 66.3 Å². The summed E-state index contributed by atoms with van der Waals surface area (Å²) in [6, 6.07) is 9.52. The smallest absolute Gasteiger partial charge is 0.255 e. The van der Waals surface area contributed by atoms with Gasteiger partial charge in [0, 0.05) is 50.0 Å². The van der Waals surface area contributed by atoms with Gasteiger partial charge in [-0.25, -0.2) is 0 Å². The summed E-state index contributed by atoms with van der Waals surface area (Å²) >= 11 is 7.97. The minimum Gasteiger partial charge on any atom is -0.379 e. The first-order chi connectivity index (χ1) is 13.7. The number of amides is 1.